The molecule has 1 N–H and O–H groups in total. The Kier molecular flexibility index (Phi) is 4.89. The van der Waals surface area contributed by atoms with Gasteiger partial charge in [0.2, 0.25) is 5.52 Å². The maximum atomic E-state index is 13.1. The summed E-state index contributed by atoms with van der Waals surface area (Å²) in [5, 5.41) is 12.7. The van der Waals surface area contributed by atoms with Crippen molar-refractivity contribution in [3.8, 4) is 12.3 Å². The number of H-pyrrole nitrogens is 1. The van der Waals surface area contributed by atoms with Crippen LogP contribution in [0.5, 0.6) is 0 Å². The number of thiophene rings is 1. The van der Waals surface area contributed by atoms with Gasteiger partial charge in [0.15, 0.2) is 6.20 Å². The molecule has 10 heteroatoms. The number of aromatic amines is 1. The van der Waals surface area contributed by atoms with Crippen LogP contribution in [0.4, 0.5) is 0 Å². The van der Waals surface area contributed by atoms with Crippen LogP contribution < -0.4 is 4.73 Å². The Morgan fingerprint density at radius 1 is 1.16 bits per heavy atom. The van der Waals surface area contributed by atoms with Gasteiger partial charge in [-0.05, 0) is 30.3 Å². The summed E-state index contributed by atoms with van der Waals surface area (Å²) < 4.78 is 29.1. The number of hydrogen-bond donors (Lipinski definition) is 1. The Balaban J connectivity index is 1.32. The predicted octanol–water partition coefficient (Wildman–Crippen LogP) is 2.14. The highest BCUT2D eigenvalue weighted by Gasteiger charge is 2.32. The molecule has 5 rings (SSSR count). The molecule has 1 amide bonds. The molecule has 3 aromatic heterocycles. The van der Waals surface area contributed by atoms with Gasteiger partial charge in [0, 0.05) is 54.8 Å². The lowest BCUT2D eigenvalue weighted by atomic mass is 10.2. The van der Waals surface area contributed by atoms with Crippen LogP contribution in [-0.4, -0.2) is 54.7 Å². The molecule has 1 aliphatic rings. The molecular formula is C22H18N4O4S2. The monoisotopic (exact) mass is 466 g/mol. The number of pyridine rings is 1. The summed E-state index contributed by atoms with van der Waals surface area (Å²) in [6, 6.07) is 11.9. The fourth-order valence-corrected chi connectivity index (χ4v) is 6.30. The molecule has 0 spiro atoms. The smallest absolute Gasteiger partial charge is 0.264 e. The molecule has 1 aromatic carbocycles. The Morgan fingerprint density at radius 2 is 1.94 bits per heavy atom. The van der Waals surface area contributed by atoms with Crippen LogP contribution in [0, 0.1) is 17.6 Å². The van der Waals surface area contributed by atoms with Crippen molar-refractivity contribution in [2.75, 3.05) is 26.2 Å². The predicted molar refractivity (Wildman–Crippen MR) is 122 cm³/mol. The molecule has 1 fully saturated rings. The molecule has 0 atom stereocenters. The van der Waals surface area contributed by atoms with Gasteiger partial charge in [0.05, 0.1) is 4.88 Å². The van der Waals surface area contributed by atoms with Crippen molar-refractivity contribution in [3.63, 3.8) is 0 Å². The standard InChI is InChI=1S/C22H18N4O4S2/c1-2-15-5-6-17-16(12-15)13-21(23-17)32(29,30)25-10-8-24(9-11-25)22(27)20-14-18-19(31-20)4-3-7-26(18)28/h1,3-7,12-14,23H,8-11H2. The van der Waals surface area contributed by atoms with Crippen LogP contribution in [0.2, 0.25) is 0 Å². The van der Waals surface area contributed by atoms with E-state index in [9.17, 15) is 18.4 Å². The Morgan fingerprint density at radius 3 is 2.66 bits per heavy atom. The van der Waals surface area contributed by atoms with Gasteiger partial charge in [0.1, 0.15) is 9.73 Å². The number of carbonyl (C=O) groups excluding carboxylic acids is 1. The summed E-state index contributed by atoms with van der Waals surface area (Å²) >= 11 is 1.26. The summed E-state index contributed by atoms with van der Waals surface area (Å²) in [5.41, 5.74) is 1.82. The van der Waals surface area contributed by atoms with E-state index in [-0.39, 0.29) is 37.1 Å². The third kappa shape index (κ3) is 3.40. The number of sulfonamides is 1. The average molecular weight is 467 g/mol. The van der Waals surface area contributed by atoms with Crippen molar-refractivity contribution < 1.29 is 17.9 Å². The summed E-state index contributed by atoms with van der Waals surface area (Å²) in [7, 11) is -3.74. The second kappa shape index (κ2) is 7.63. The minimum Gasteiger partial charge on any atom is -0.618 e. The topological polar surface area (TPSA) is 100 Å². The van der Waals surface area contributed by atoms with Gasteiger partial charge in [-0.3, -0.25) is 4.79 Å². The van der Waals surface area contributed by atoms with E-state index in [2.05, 4.69) is 10.9 Å². The van der Waals surface area contributed by atoms with Crippen LogP contribution in [0.15, 0.2) is 53.7 Å². The SMILES string of the molecule is C#Cc1ccc2[nH]c(S(=O)(=O)N3CCN(C(=O)c4cc5c(ccc[n+]5[O-])s4)CC3)cc2c1. The lowest BCUT2D eigenvalue weighted by Crippen LogP contribution is -2.50. The van der Waals surface area contributed by atoms with Gasteiger partial charge in [-0.25, -0.2) is 8.42 Å². The highest BCUT2D eigenvalue weighted by Crippen LogP contribution is 2.26. The molecule has 0 bridgehead atoms. The largest absolute Gasteiger partial charge is 0.618 e. The van der Waals surface area contributed by atoms with Gasteiger partial charge in [-0.1, -0.05) is 5.92 Å². The first-order valence-electron chi connectivity index (χ1n) is 9.87. The third-order valence-corrected chi connectivity index (χ3v) is 8.46. The first kappa shape index (κ1) is 20.5. The first-order valence-corrected chi connectivity index (χ1v) is 12.1. The lowest BCUT2D eigenvalue weighted by molar-refractivity contribution is -0.576. The zero-order chi connectivity index (χ0) is 22.5. The molecule has 0 radical (unpaired) electrons. The highest BCUT2D eigenvalue weighted by atomic mass is 32.2. The van der Waals surface area contributed by atoms with E-state index < -0.39 is 10.0 Å². The Hall–Kier alpha value is -3.39. The first-order chi connectivity index (χ1) is 15.4. The van der Waals surface area contributed by atoms with E-state index in [0.29, 0.717) is 21.5 Å². The fraction of sp³-hybridized carbons (Fsp3) is 0.182. The molecule has 0 aliphatic carbocycles. The summed E-state index contributed by atoms with van der Waals surface area (Å²) in [4.78, 5) is 18.0. The van der Waals surface area contributed by atoms with Crippen molar-refractivity contribution in [2.24, 2.45) is 0 Å². The van der Waals surface area contributed by atoms with Gasteiger partial charge in [-0.15, -0.1) is 17.8 Å². The quantitative estimate of drug-likeness (QED) is 0.284. The fourth-order valence-electron chi connectivity index (χ4n) is 3.84. The van der Waals surface area contributed by atoms with Crippen molar-refractivity contribution in [1.29, 1.82) is 0 Å². The molecule has 4 heterocycles. The summed E-state index contributed by atoms with van der Waals surface area (Å²) in [5.74, 6) is 2.34. The molecule has 1 aliphatic heterocycles. The molecule has 0 unspecified atom stereocenters. The maximum Gasteiger partial charge on any atom is 0.264 e. The zero-order valence-electron chi connectivity index (χ0n) is 16.8. The normalized spacial score (nSPS) is 15.3. The second-order valence-electron chi connectivity index (χ2n) is 7.47. The average Bonchev–Trinajstić information content (AvgIpc) is 3.43. The number of amides is 1. The minimum atomic E-state index is -3.74. The number of nitrogens with zero attached hydrogens (tertiary/aromatic N) is 3. The van der Waals surface area contributed by atoms with Gasteiger partial charge >= 0.3 is 0 Å². The van der Waals surface area contributed by atoms with Crippen molar-refractivity contribution in [2.45, 2.75) is 5.03 Å². The number of rotatable bonds is 3. The molecule has 0 saturated carbocycles. The number of piperazine rings is 1. The Bertz CT molecular complexity index is 1510. The number of fused-ring (bicyclic) bond motifs is 2. The number of benzene rings is 1. The Labute approximate surface area is 188 Å². The second-order valence-corrected chi connectivity index (χ2v) is 10.5. The van der Waals surface area contributed by atoms with E-state index in [1.54, 1.807) is 47.4 Å². The van der Waals surface area contributed by atoms with Crippen LogP contribution in [0.1, 0.15) is 15.2 Å². The van der Waals surface area contributed by atoms with Gasteiger partial charge in [0.25, 0.3) is 15.9 Å². The maximum absolute atomic E-state index is 13.1. The van der Waals surface area contributed by atoms with Crippen LogP contribution in [-0.2, 0) is 10.0 Å². The summed E-state index contributed by atoms with van der Waals surface area (Å²) in [6.45, 7) is 0.910. The number of nitrogens with one attached hydrogen (secondary N) is 1. The molecule has 4 aromatic rings. The van der Waals surface area contributed by atoms with E-state index in [4.69, 9.17) is 6.42 Å². The van der Waals surface area contributed by atoms with Crippen molar-refractivity contribution in [1.82, 2.24) is 14.2 Å². The van der Waals surface area contributed by atoms with Crippen molar-refractivity contribution >= 4 is 48.4 Å². The lowest BCUT2D eigenvalue weighted by Gasteiger charge is -2.33. The molecule has 8 nitrogen and oxygen atoms in total. The van der Waals surface area contributed by atoms with Gasteiger partial charge in [-0.2, -0.15) is 9.04 Å². The molecule has 162 valence electrons. The molecular weight excluding hydrogens is 448 g/mol. The van der Waals surface area contributed by atoms with Crippen molar-refractivity contribution in [3.05, 3.63) is 64.3 Å². The van der Waals surface area contributed by atoms with E-state index in [1.807, 2.05) is 0 Å². The van der Waals surface area contributed by atoms with Crippen LogP contribution in [0.3, 0.4) is 0 Å². The molecule has 1 saturated heterocycles. The number of carbonyl (C=O) groups is 1. The van der Waals surface area contributed by atoms with Crippen LogP contribution in [0.25, 0.3) is 21.1 Å². The highest BCUT2D eigenvalue weighted by molar-refractivity contribution is 7.89. The van der Waals surface area contributed by atoms with Gasteiger partial charge < -0.3 is 15.1 Å². The zero-order valence-corrected chi connectivity index (χ0v) is 18.4. The number of aromatic nitrogens is 2. The molecule has 32 heavy (non-hydrogen) atoms. The number of hydrogen-bond acceptors (Lipinski definition) is 5. The summed E-state index contributed by atoms with van der Waals surface area (Å²) in [6.07, 6.45) is 6.82. The third-order valence-electron chi connectivity index (χ3n) is 5.56. The number of terminal acetylenes is 1. The van der Waals surface area contributed by atoms with E-state index >= 15 is 0 Å². The van der Waals surface area contributed by atoms with E-state index in [0.717, 1.165) is 14.8 Å². The van der Waals surface area contributed by atoms with Crippen LogP contribution >= 0.6 is 11.3 Å². The van der Waals surface area contributed by atoms with E-state index in [1.165, 1.54) is 21.8 Å². The minimum absolute atomic E-state index is 0.103.